The fraction of sp³-hybridized carbons (Fsp3) is 0.294. The third kappa shape index (κ3) is 3.07. The minimum atomic E-state index is 0.0300. The van der Waals surface area contributed by atoms with Gasteiger partial charge in [-0.2, -0.15) is 0 Å². The summed E-state index contributed by atoms with van der Waals surface area (Å²) in [5.41, 5.74) is 0.598. The number of pyridine rings is 1. The summed E-state index contributed by atoms with van der Waals surface area (Å²) in [5, 5.41) is 0.425. The van der Waals surface area contributed by atoms with Crippen LogP contribution in [0.2, 0.25) is 5.02 Å². The van der Waals surface area contributed by atoms with Gasteiger partial charge in [-0.05, 0) is 50.1 Å². The van der Waals surface area contributed by atoms with Gasteiger partial charge in [0.15, 0.2) is 0 Å². The molecule has 0 aliphatic carbocycles. The van der Waals surface area contributed by atoms with E-state index in [4.69, 9.17) is 16.3 Å². The number of hydrogen-bond acceptors (Lipinski definition) is 3. The summed E-state index contributed by atoms with van der Waals surface area (Å²) in [6.45, 7) is 2.89. The van der Waals surface area contributed by atoms with Crippen LogP contribution in [0.25, 0.3) is 0 Å². The van der Waals surface area contributed by atoms with E-state index in [1.807, 2.05) is 4.90 Å². The van der Waals surface area contributed by atoms with Gasteiger partial charge in [-0.15, -0.1) is 0 Å². The molecule has 1 aromatic heterocycles. The van der Waals surface area contributed by atoms with Crippen molar-refractivity contribution in [2.75, 3.05) is 6.54 Å². The molecule has 1 atom stereocenters. The van der Waals surface area contributed by atoms with Gasteiger partial charge < -0.3 is 9.64 Å². The summed E-state index contributed by atoms with van der Waals surface area (Å²) in [4.78, 5) is 18.3. The van der Waals surface area contributed by atoms with E-state index >= 15 is 0 Å². The molecule has 0 unspecified atom stereocenters. The Labute approximate surface area is 134 Å². The number of amides is 1. The summed E-state index contributed by atoms with van der Waals surface area (Å²) in [7, 11) is 0. The highest BCUT2D eigenvalue weighted by Crippen LogP contribution is 2.31. The number of nitrogens with zero attached hydrogens (tertiary/aromatic N) is 2. The fourth-order valence-corrected chi connectivity index (χ4v) is 2.87. The van der Waals surface area contributed by atoms with Crippen LogP contribution in [0.1, 0.15) is 30.1 Å². The lowest BCUT2D eigenvalue weighted by molar-refractivity contribution is 0.0747. The first-order valence-electron chi connectivity index (χ1n) is 7.33. The summed E-state index contributed by atoms with van der Waals surface area (Å²) in [6.07, 6.45) is 5.42. The van der Waals surface area contributed by atoms with E-state index in [9.17, 15) is 4.79 Å². The molecule has 1 aromatic carbocycles. The first-order valence-corrected chi connectivity index (χ1v) is 7.71. The number of benzene rings is 1. The first kappa shape index (κ1) is 14.9. The van der Waals surface area contributed by atoms with Gasteiger partial charge in [0.1, 0.15) is 11.5 Å². The summed E-state index contributed by atoms with van der Waals surface area (Å²) < 4.78 is 5.69. The predicted molar refractivity (Wildman–Crippen MR) is 85.5 cm³/mol. The van der Waals surface area contributed by atoms with Crippen molar-refractivity contribution in [3.8, 4) is 11.5 Å². The number of carbonyl (C=O) groups is 1. The summed E-state index contributed by atoms with van der Waals surface area (Å²) >= 11 is 6.26. The Balaban J connectivity index is 1.78. The van der Waals surface area contributed by atoms with Crippen molar-refractivity contribution in [3.05, 3.63) is 53.3 Å². The Morgan fingerprint density at radius 2 is 2.09 bits per heavy atom. The summed E-state index contributed by atoms with van der Waals surface area (Å²) in [5.74, 6) is 1.21. The molecular weight excluding hydrogens is 300 g/mol. The third-order valence-corrected chi connectivity index (χ3v) is 4.17. The minimum absolute atomic E-state index is 0.0300. The van der Waals surface area contributed by atoms with Crippen molar-refractivity contribution in [2.24, 2.45) is 0 Å². The Hall–Kier alpha value is -2.07. The fourth-order valence-electron chi connectivity index (χ4n) is 2.65. The molecule has 3 rings (SSSR count). The van der Waals surface area contributed by atoms with Crippen LogP contribution < -0.4 is 4.74 Å². The number of ether oxygens (including phenoxy) is 1. The lowest BCUT2D eigenvalue weighted by Crippen LogP contribution is -2.33. The van der Waals surface area contributed by atoms with Crippen LogP contribution in [0.3, 0.4) is 0 Å². The van der Waals surface area contributed by atoms with Gasteiger partial charge in [0.05, 0.1) is 5.02 Å². The lowest BCUT2D eigenvalue weighted by Gasteiger charge is -2.21. The van der Waals surface area contributed by atoms with Crippen molar-refractivity contribution in [3.63, 3.8) is 0 Å². The zero-order valence-electron chi connectivity index (χ0n) is 12.3. The molecule has 1 saturated heterocycles. The largest absolute Gasteiger partial charge is 0.456 e. The van der Waals surface area contributed by atoms with E-state index in [2.05, 4.69) is 11.9 Å². The highest BCUT2D eigenvalue weighted by atomic mass is 35.5. The maximum atomic E-state index is 12.5. The molecule has 0 radical (unpaired) electrons. The molecule has 22 heavy (non-hydrogen) atoms. The molecular formula is C17H17ClN2O2. The lowest BCUT2D eigenvalue weighted by atomic mass is 10.1. The van der Waals surface area contributed by atoms with Crippen LogP contribution in [0.4, 0.5) is 0 Å². The molecule has 1 amide bonds. The molecule has 0 spiro atoms. The van der Waals surface area contributed by atoms with Crippen LogP contribution in [-0.2, 0) is 0 Å². The Morgan fingerprint density at radius 1 is 1.32 bits per heavy atom. The molecule has 0 saturated carbocycles. The Kier molecular flexibility index (Phi) is 4.29. The first-order chi connectivity index (χ1) is 10.6. The highest BCUT2D eigenvalue weighted by Gasteiger charge is 2.26. The normalized spacial score (nSPS) is 17.5. The number of halogens is 1. The molecule has 1 fully saturated rings. The van der Waals surface area contributed by atoms with Crippen LogP contribution >= 0.6 is 11.6 Å². The quantitative estimate of drug-likeness (QED) is 0.854. The van der Waals surface area contributed by atoms with Crippen LogP contribution in [0.15, 0.2) is 42.7 Å². The monoisotopic (exact) mass is 316 g/mol. The third-order valence-electron chi connectivity index (χ3n) is 3.87. The molecule has 4 nitrogen and oxygen atoms in total. The number of carbonyl (C=O) groups excluding carboxylic acids is 1. The van der Waals surface area contributed by atoms with Gasteiger partial charge in [-0.25, -0.2) is 0 Å². The van der Waals surface area contributed by atoms with Crippen molar-refractivity contribution >= 4 is 17.5 Å². The standard InChI is InChI=1S/C17H17ClN2O2/c1-12-3-2-10-20(12)17(21)13-4-5-16(15(18)11-13)22-14-6-8-19-9-7-14/h4-9,11-12H,2-3,10H2,1H3/t12-/m1/s1. The average Bonchev–Trinajstić information content (AvgIpc) is 2.96. The number of aromatic nitrogens is 1. The SMILES string of the molecule is C[C@@H]1CCCN1C(=O)c1ccc(Oc2ccncc2)c(Cl)c1. The van der Waals surface area contributed by atoms with Crippen molar-refractivity contribution in [1.82, 2.24) is 9.88 Å². The molecule has 2 aromatic rings. The number of hydrogen-bond donors (Lipinski definition) is 0. The minimum Gasteiger partial charge on any atom is -0.456 e. The maximum Gasteiger partial charge on any atom is 0.254 e. The average molecular weight is 317 g/mol. The van der Waals surface area contributed by atoms with Crippen LogP contribution in [-0.4, -0.2) is 28.4 Å². The second-order valence-electron chi connectivity index (χ2n) is 5.42. The topological polar surface area (TPSA) is 42.4 Å². The molecule has 0 N–H and O–H groups in total. The Morgan fingerprint density at radius 3 is 2.73 bits per heavy atom. The predicted octanol–water partition coefficient (Wildman–Crippen LogP) is 4.15. The van der Waals surface area contributed by atoms with E-state index in [0.717, 1.165) is 19.4 Å². The molecule has 2 heterocycles. The Bertz CT molecular complexity index is 676. The van der Waals surface area contributed by atoms with E-state index in [1.165, 1.54) is 0 Å². The summed E-state index contributed by atoms with van der Waals surface area (Å²) in [6, 6.07) is 8.96. The smallest absolute Gasteiger partial charge is 0.254 e. The van der Waals surface area contributed by atoms with Crippen molar-refractivity contribution in [1.29, 1.82) is 0 Å². The molecule has 1 aliphatic heterocycles. The highest BCUT2D eigenvalue weighted by molar-refractivity contribution is 6.32. The zero-order chi connectivity index (χ0) is 15.5. The van der Waals surface area contributed by atoms with Gasteiger partial charge in [0.2, 0.25) is 0 Å². The van der Waals surface area contributed by atoms with Gasteiger partial charge in [0.25, 0.3) is 5.91 Å². The molecule has 5 heteroatoms. The van der Waals surface area contributed by atoms with E-state index < -0.39 is 0 Å². The molecule has 1 aliphatic rings. The second kappa shape index (κ2) is 6.36. The van der Waals surface area contributed by atoms with E-state index in [1.54, 1.807) is 42.7 Å². The van der Waals surface area contributed by atoms with Crippen molar-refractivity contribution < 1.29 is 9.53 Å². The zero-order valence-corrected chi connectivity index (χ0v) is 13.1. The number of likely N-dealkylation sites (tertiary alicyclic amines) is 1. The van der Waals surface area contributed by atoms with Gasteiger partial charge in [-0.3, -0.25) is 9.78 Å². The molecule has 0 bridgehead atoms. The van der Waals surface area contributed by atoms with Crippen LogP contribution in [0.5, 0.6) is 11.5 Å². The van der Waals surface area contributed by atoms with E-state index in [-0.39, 0.29) is 5.91 Å². The maximum absolute atomic E-state index is 12.5. The van der Waals surface area contributed by atoms with Gasteiger partial charge >= 0.3 is 0 Å². The second-order valence-corrected chi connectivity index (χ2v) is 5.83. The molecule has 114 valence electrons. The van der Waals surface area contributed by atoms with Crippen molar-refractivity contribution in [2.45, 2.75) is 25.8 Å². The van der Waals surface area contributed by atoms with Gasteiger partial charge in [-0.1, -0.05) is 11.6 Å². The van der Waals surface area contributed by atoms with Crippen LogP contribution in [0, 0.1) is 0 Å². The van der Waals surface area contributed by atoms with Gasteiger partial charge in [0, 0.05) is 30.5 Å². The number of rotatable bonds is 3. The van der Waals surface area contributed by atoms with E-state index in [0.29, 0.717) is 28.1 Å².